The molecule has 6 atom stereocenters. The van der Waals surface area contributed by atoms with E-state index < -0.39 is 22.9 Å². The molecule has 2 aliphatic carbocycles. The molecule has 16 heavy (non-hydrogen) atoms. The van der Waals surface area contributed by atoms with Crippen LogP contribution in [0.15, 0.2) is 0 Å². The summed E-state index contributed by atoms with van der Waals surface area (Å²) in [5, 5.41) is 20.8. The molecule has 0 aromatic carbocycles. The van der Waals surface area contributed by atoms with Crippen LogP contribution >= 0.6 is 0 Å². The molecule has 90 valence electrons. The number of hydrogen-bond donors (Lipinski definition) is 2. The van der Waals surface area contributed by atoms with Crippen LogP contribution in [0.25, 0.3) is 0 Å². The van der Waals surface area contributed by atoms with E-state index in [2.05, 4.69) is 13.8 Å². The maximum absolute atomic E-state index is 11.0. The fourth-order valence-corrected chi connectivity index (χ4v) is 4.51. The standard InChI is InChI=1S/C12H18O4/c1-6(2)12-8(15-12)5-10-9(16-10)7(13)3-4-11(10,12)14/h6-9,13-14H,3-5H2,1-2H3. The molecular weight excluding hydrogens is 208 g/mol. The first kappa shape index (κ1) is 9.83. The Kier molecular flexibility index (Phi) is 1.44. The molecule has 4 fully saturated rings. The van der Waals surface area contributed by atoms with Gasteiger partial charge in [0.15, 0.2) is 0 Å². The van der Waals surface area contributed by atoms with Gasteiger partial charge in [0.2, 0.25) is 0 Å². The van der Waals surface area contributed by atoms with Crippen molar-refractivity contribution in [2.45, 2.75) is 68.2 Å². The van der Waals surface area contributed by atoms with Crippen molar-refractivity contribution in [1.29, 1.82) is 0 Å². The highest BCUT2D eigenvalue weighted by molar-refractivity contribution is 5.39. The van der Waals surface area contributed by atoms with Crippen LogP contribution in [0.4, 0.5) is 0 Å². The number of aliphatic hydroxyl groups excluding tert-OH is 1. The van der Waals surface area contributed by atoms with Crippen LogP contribution in [0.2, 0.25) is 0 Å². The molecule has 2 aliphatic heterocycles. The number of ether oxygens (including phenoxy) is 2. The van der Waals surface area contributed by atoms with E-state index in [1.807, 2.05) is 0 Å². The highest BCUT2D eigenvalue weighted by Gasteiger charge is 2.91. The lowest BCUT2D eigenvalue weighted by Crippen LogP contribution is -2.59. The van der Waals surface area contributed by atoms with E-state index >= 15 is 0 Å². The van der Waals surface area contributed by atoms with E-state index in [0.29, 0.717) is 18.8 Å². The van der Waals surface area contributed by atoms with Gasteiger partial charge in [-0.15, -0.1) is 0 Å². The number of aliphatic hydroxyl groups is 2. The Balaban J connectivity index is 1.79. The quantitative estimate of drug-likeness (QED) is 0.627. The van der Waals surface area contributed by atoms with Crippen LogP contribution < -0.4 is 0 Å². The summed E-state index contributed by atoms with van der Waals surface area (Å²) < 4.78 is 11.5. The molecule has 0 aromatic heterocycles. The SMILES string of the molecule is CC(C)C12OC1CC13OC1C(O)CCC32O. The fraction of sp³-hybridized carbons (Fsp3) is 1.00. The molecule has 0 bridgehead atoms. The van der Waals surface area contributed by atoms with E-state index in [4.69, 9.17) is 9.47 Å². The van der Waals surface area contributed by atoms with Crippen molar-refractivity contribution in [3.05, 3.63) is 0 Å². The molecule has 4 heteroatoms. The monoisotopic (exact) mass is 226 g/mol. The van der Waals surface area contributed by atoms with Crippen molar-refractivity contribution in [3.63, 3.8) is 0 Å². The summed E-state index contributed by atoms with van der Waals surface area (Å²) in [6, 6.07) is 0. The minimum absolute atomic E-state index is 0.132. The zero-order valence-electron chi connectivity index (χ0n) is 9.64. The van der Waals surface area contributed by atoms with E-state index in [-0.39, 0.29) is 12.2 Å². The van der Waals surface area contributed by atoms with E-state index in [1.54, 1.807) is 0 Å². The van der Waals surface area contributed by atoms with Crippen LogP contribution in [0.1, 0.15) is 33.1 Å². The Hall–Kier alpha value is -0.160. The zero-order valence-corrected chi connectivity index (χ0v) is 9.64. The predicted molar refractivity (Wildman–Crippen MR) is 54.9 cm³/mol. The molecule has 2 heterocycles. The summed E-state index contributed by atoms with van der Waals surface area (Å²) in [4.78, 5) is 0. The second-order valence-corrected chi connectivity index (χ2v) is 6.15. The van der Waals surface area contributed by atoms with Gasteiger partial charge in [0.05, 0.1) is 12.2 Å². The van der Waals surface area contributed by atoms with Gasteiger partial charge >= 0.3 is 0 Å². The van der Waals surface area contributed by atoms with Gasteiger partial charge in [0, 0.05) is 6.42 Å². The number of hydrogen-bond acceptors (Lipinski definition) is 4. The van der Waals surface area contributed by atoms with E-state index in [1.165, 1.54) is 0 Å². The first-order valence-electron chi connectivity index (χ1n) is 6.24. The summed E-state index contributed by atoms with van der Waals surface area (Å²) in [6.07, 6.45) is 1.55. The normalized spacial score (nSPS) is 66.2. The summed E-state index contributed by atoms with van der Waals surface area (Å²) in [7, 11) is 0. The number of rotatable bonds is 1. The van der Waals surface area contributed by atoms with Gasteiger partial charge in [0.1, 0.15) is 22.9 Å². The second-order valence-electron chi connectivity index (χ2n) is 6.15. The third-order valence-electron chi connectivity index (χ3n) is 5.34. The molecule has 6 unspecified atom stereocenters. The smallest absolute Gasteiger partial charge is 0.131 e. The Labute approximate surface area is 94.5 Å². The maximum Gasteiger partial charge on any atom is 0.131 e. The molecule has 0 radical (unpaired) electrons. The maximum atomic E-state index is 11.0. The molecule has 0 aromatic rings. The van der Waals surface area contributed by atoms with Gasteiger partial charge in [-0.2, -0.15) is 0 Å². The van der Waals surface area contributed by atoms with Gasteiger partial charge in [-0.05, 0) is 18.8 Å². The van der Waals surface area contributed by atoms with Gasteiger partial charge in [-0.3, -0.25) is 0 Å². The lowest BCUT2D eigenvalue weighted by Gasteiger charge is -2.41. The first-order valence-corrected chi connectivity index (χ1v) is 6.24. The lowest BCUT2D eigenvalue weighted by atomic mass is 9.68. The van der Waals surface area contributed by atoms with Gasteiger partial charge < -0.3 is 19.7 Å². The summed E-state index contributed by atoms with van der Waals surface area (Å²) in [5.41, 5.74) is -1.76. The molecule has 2 N–H and O–H groups in total. The molecule has 1 spiro atoms. The molecule has 4 rings (SSSR count). The molecule has 0 amide bonds. The number of epoxide rings is 2. The Morgan fingerprint density at radius 2 is 2.06 bits per heavy atom. The van der Waals surface area contributed by atoms with Crippen molar-refractivity contribution < 1.29 is 19.7 Å². The Bertz CT molecular complexity index is 370. The first-order chi connectivity index (χ1) is 7.48. The molecule has 4 nitrogen and oxygen atoms in total. The fourth-order valence-electron chi connectivity index (χ4n) is 4.51. The third-order valence-corrected chi connectivity index (χ3v) is 5.34. The van der Waals surface area contributed by atoms with Crippen molar-refractivity contribution in [3.8, 4) is 0 Å². The van der Waals surface area contributed by atoms with Crippen LogP contribution in [0.5, 0.6) is 0 Å². The highest BCUT2D eigenvalue weighted by atomic mass is 16.7. The van der Waals surface area contributed by atoms with Crippen molar-refractivity contribution in [2.24, 2.45) is 5.92 Å². The molecule has 2 saturated heterocycles. The Morgan fingerprint density at radius 1 is 1.31 bits per heavy atom. The highest BCUT2D eigenvalue weighted by Crippen LogP contribution is 2.74. The van der Waals surface area contributed by atoms with Crippen molar-refractivity contribution in [1.82, 2.24) is 0 Å². The van der Waals surface area contributed by atoms with Crippen LogP contribution in [-0.4, -0.2) is 45.3 Å². The third kappa shape index (κ3) is 0.706. The Morgan fingerprint density at radius 3 is 2.75 bits per heavy atom. The van der Waals surface area contributed by atoms with Gasteiger partial charge in [0.25, 0.3) is 0 Å². The van der Waals surface area contributed by atoms with E-state index in [9.17, 15) is 10.2 Å². The predicted octanol–water partition coefficient (Wildman–Crippen LogP) is 0.207. The molecule has 2 saturated carbocycles. The van der Waals surface area contributed by atoms with E-state index in [0.717, 1.165) is 6.42 Å². The molecular formula is C12H18O4. The van der Waals surface area contributed by atoms with Crippen molar-refractivity contribution >= 4 is 0 Å². The lowest BCUT2D eigenvalue weighted by molar-refractivity contribution is -0.124. The summed E-state index contributed by atoms with van der Waals surface area (Å²) >= 11 is 0. The largest absolute Gasteiger partial charge is 0.390 e. The average Bonchev–Trinajstić information content (AvgIpc) is 3.07. The van der Waals surface area contributed by atoms with Crippen LogP contribution in [0.3, 0.4) is 0 Å². The summed E-state index contributed by atoms with van der Waals surface area (Å²) in [5.74, 6) is 0.293. The minimum atomic E-state index is -0.872. The van der Waals surface area contributed by atoms with Crippen LogP contribution in [0, 0.1) is 5.92 Å². The average molecular weight is 226 g/mol. The van der Waals surface area contributed by atoms with Gasteiger partial charge in [-0.25, -0.2) is 0 Å². The van der Waals surface area contributed by atoms with Crippen LogP contribution in [-0.2, 0) is 9.47 Å². The summed E-state index contributed by atoms with van der Waals surface area (Å²) in [6.45, 7) is 4.19. The topological polar surface area (TPSA) is 65.5 Å². The van der Waals surface area contributed by atoms with Crippen molar-refractivity contribution in [2.75, 3.05) is 0 Å². The number of fused-ring (bicyclic) bond motifs is 2. The molecule has 4 aliphatic rings. The van der Waals surface area contributed by atoms with Gasteiger partial charge in [-0.1, -0.05) is 13.8 Å². The minimum Gasteiger partial charge on any atom is -0.390 e. The second kappa shape index (κ2) is 2.34. The zero-order chi connectivity index (χ0) is 11.3.